The van der Waals surface area contributed by atoms with Crippen molar-refractivity contribution in [1.82, 2.24) is 4.90 Å². The van der Waals surface area contributed by atoms with E-state index < -0.39 is 38.4 Å². The van der Waals surface area contributed by atoms with Gasteiger partial charge in [-0.05, 0) is 64.8 Å². The van der Waals surface area contributed by atoms with Crippen LogP contribution in [0.1, 0.15) is 40.5 Å². The van der Waals surface area contributed by atoms with E-state index in [2.05, 4.69) is 5.92 Å². The van der Waals surface area contributed by atoms with Crippen LogP contribution in [-0.2, 0) is 24.1 Å². The third-order valence-electron chi connectivity index (χ3n) is 4.98. The number of piperidine rings is 1. The van der Waals surface area contributed by atoms with Crippen molar-refractivity contribution in [1.29, 1.82) is 0 Å². The zero-order valence-corrected chi connectivity index (χ0v) is 19.3. The maximum absolute atomic E-state index is 13.5. The summed E-state index contributed by atoms with van der Waals surface area (Å²) in [5.41, 5.74) is -0.680. The molecule has 1 aromatic carbocycles. The molecule has 2 rings (SSSR count). The second-order valence-electron chi connectivity index (χ2n) is 8.35. The van der Waals surface area contributed by atoms with Gasteiger partial charge < -0.3 is 19.1 Å². The van der Waals surface area contributed by atoms with E-state index in [1.54, 1.807) is 27.7 Å². The molecule has 0 bridgehead atoms. The highest BCUT2D eigenvalue weighted by atomic mass is 32.2. The Balaban J connectivity index is 2.29. The highest BCUT2D eigenvalue weighted by molar-refractivity contribution is 7.93. The van der Waals surface area contributed by atoms with Crippen LogP contribution in [-0.4, -0.2) is 62.0 Å². The van der Waals surface area contributed by atoms with Crippen molar-refractivity contribution >= 4 is 21.9 Å². The third-order valence-corrected chi connectivity index (χ3v) is 7.47. The van der Waals surface area contributed by atoms with Crippen molar-refractivity contribution in [2.45, 2.75) is 61.9 Å². The molecule has 9 heteroatoms. The number of nitrogens with zero attached hydrogens (tertiary/aromatic N) is 1. The molecule has 0 spiro atoms. The first-order chi connectivity index (χ1) is 14.4. The van der Waals surface area contributed by atoms with Crippen molar-refractivity contribution in [2.75, 3.05) is 20.2 Å². The summed E-state index contributed by atoms with van der Waals surface area (Å²) in [7, 11) is -2.97. The molecule has 1 aliphatic rings. The fourth-order valence-electron chi connectivity index (χ4n) is 3.31. The Morgan fingerprint density at radius 3 is 2.16 bits per heavy atom. The zero-order valence-electron chi connectivity index (χ0n) is 18.5. The van der Waals surface area contributed by atoms with Gasteiger partial charge in [0.1, 0.15) is 11.4 Å². The topological polar surface area (TPSA) is 99.2 Å². The molecule has 1 amide bonds. The Labute approximate surface area is 183 Å². The Morgan fingerprint density at radius 2 is 1.71 bits per heavy atom. The summed E-state index contributed by atoms with van der Waals surface area (Å²) >= 11 is 0. The normalized spacial score (nSPS) is 17.2. The Bertz CT molecular complexity index is 947. The second-order valence-corrected chi connectivity index (χ2v) is 10.6. The van der Waals surface area contributed by atoms with E-state index in [-0.39, 0.29) is 30.8 Å². The van der Waals surface area contributed by atoms with Crippen LogP contribution in [0.3, 0.4) is 0 Å². The van der Waals surface area contributed by atoms with Crippen molar-refractivity contribution in [3.8, 4) is 18.1 Å². The lowest BCUT2D eigenvalue weighted by atomic mass is 9.96. The van der Waals surface area contributed by atoms with Crippen LogP contribution in [0.5, 0.6) is 5.75 Å². The molecule has 0 N–H and O–H groups in total. The standard InChI is InChI=1S/C22H29NO7S/c1-7-16(2)29-17-8-10-18(11-9-17)31(26,27)22(19(24)28-6)12-14-23(15-13-22)20(25)30-21(3,4)5/h1,8-11,16H,12-15H2,2-6H3. The maximum atomic E-state index is 13.5. The molecule has 1 atom stereocenters. The first-order valence-corrected chi connectivity index (χ1v) is 11.4. The quantitative estimate of drug-likeness (QED) is 0.501. The lowest BCUT2D eigenvalue weighted by molar-refractivity contribution is -0.145. The predicted octanol–water partition coefficient (Wildman–Crippen LogP) is 2.80. The molecule has 1 aliphatic heterocycles. The monoisotopic (exact) mass is 451 g/mol. The molecule has 170 valence electrons. The van der Waals surface area contributed by atoms with Crippen LogP contribution < -0.4 is 4.74 Å². The smallest absolute Gasteiger partial charge is 0.410 e. The average molecular weight is 452 g/mol. The number of carbonyl (C=O) groups is 2. The summed E-state index contributed by atoms with van der Waals surface area (Å²) in [6.45, 7) is 7.02. The van der Waals surface area contributed by atoms with E-state index >= 15 is 0 Å². The number of methoxy groups -OCH3 is 1. The molecule has 1 fully saturated rings. The molecular weight excluding hydrogens is 422 g/mol. The average Bonchev–Trinajstić information content (AvgIpc) is 2.72. The fourth-order valence-corrected chi connectivity index (χ4v) is 5.27. The number of ether oxygens (including phenoxy) is 3. The molecule has 31 heavy (non-hydrogen) atoms. The number of hydrogen-bond acceptors (Lipinski definition) is 7. The molecule has 1 saturated heterocycles. The number of esters is 1. The van der Waals surface area contributed by atoms with E-state index in [0.717, 1.165) is 7.11 Å². The van der Waals surface area contributed by atoms with Crippen LogP contribution in [0.4, 0.5) is 4.79 Å². The molecule has 0 saturated carbocycles. The van der Waals surface area contributed by atoms with Crippen LogP contribution >= 0.6 is 0 Å². The minimum absolute atomic E-state index is 0.0377. The number of sulfone groups is 1. The minimum atomic E-state index is -4.12. The molecule has 0 aliphatic carbocycles. The van der Waals surface area contributed by atoms with Crippen molar-refractivity contribution in [2.24, 2.45) is 0 Å². The van der Waals surface area contributed by atoms with E-state index in [0.29, 0.717) is 5.75 Å². The second kappa shape index (κ2) is 9.18. The Hall–Kier alpha value is -2.73. The first kappa shape index (κ1) is 24.5. The lowest BCUT2D eigenvalue weighted by Gasteiger charge is -2.39. The summed E-state index contributed by atoms with van der Waals surface area (Å²) in [5.74, 6) is 1.99. The summed E-state index contributed by atoms with van der Waals surface area (Å²) < 4.78 is 40.9. The summed E-state index contributed by atoms with van der Waals surface area (Å²) in [6, 6.07) is 5.72. The molecular formula is C22H29NO7S. The maximum Gasteiger partial charge on any atom is 0.410 e. The van der Waals surface area contributed by atoms with E-state index in [4.69, 9.17) is 20.6 Å². The van der Waals surface area contributed by atoms with Gasteiger partial charge in [-0.1, -0.05) is 5.92 Å². The number of amides is 1. The first-order valence-electron chi connectivity index (χ1n) is 9.90. The number of terminal acetylenes is 1. The van der Waals surface area contributed by atoms with E-state index in [1.807, 2.05) is 0 Å². The van der Waals surface area contributed by atoms with Crippen molar-refractivity contribution in [3.63, 3.8) is 0 Å². The van der Waals surface area contributed by atoms with Gasteiger partial charge in [-0.3, -0.25) is 4.79 Å². The molecule has 1 aromatic rings. The Kier molecular flexibility index (Phi) is 7.27. The molecule has 8 nitrogen and oxygen atoms in total. The van der Waals surface area contributed by atoms with Gasteiger partial charge in [0.2, 0.25) is 0 Å². The summed E-state index contributed by atoms with van der Waals surface area (Å²) in [4.78, 5) is 26.4. The number of carbonyl (C=O) groups excluding carboxylic acids is 2. The number of benzene rings is 1. The van der Waals surface area contributed by atoms with Gasteiger partial charge in [0, 0.05) is 13.1 Å². The third kappa shape index (κ3) is 5.31. The minimum Gasteiger partial charge on any atom is -0.478 e. The van der Waals surface area contributed by atoms with Gasteiger partial charge in [-0.25, -0.2) is 13.2 Å². The van der Waals surface area contributed by atoms with E-state index in [9.17, 15) is 18.0 Å². The van der Waals surface area contributed by atoms with Gasteiger partial charge in [0.05, 0.1) is 12.0 Å². The Morgan fingerprint density at radius 1 is 1.16 bits per heavy atom. The highest BCUT2D eigenvalue weighted by Crippen LogP contribution is 2.37. The van der Waals surface area contributed by atoms with Crippen LogP contribution in [0.25, 0.3) is 0 Å². The molecule has 0 aromatic heterocycles. The van der Waals surface area contributed by atoms with Crippen LogP contribution in [0.15, 0.2) is 29.2 Å². The fraction of sp³-hybridized carbons (Fsp3) is 0.545. The molecule has 0 radical (unpaired) electrons. The number of hydrogen-bond donors (Lipinski definition) is 0. The predicted molar refractivity (Wildman–Crippen MR) is 114 cm³/mol. The van der Waals surface area contributed by atoms with Gasteiger partial charge in [0.15, 0.2) is 20.7 Å². The SMILES string of the molecule is C#CC(C)Oc1ccc(S(=O)(=O)C2(C(=O)OC)CCN(C(=O)OC(C)(C)C)CC2)cc1. The molecule has 1 heterocycles. The summed E-state index contributed by atoms with van der Waals surface area (Å²) in [6.07, 6.45) is 4.06. The van der Waals surface area contributed by atoms with Gasteiger partial charge in [0.25, 0.3) is 0 Å². The van der Waals surface area contributed by atoms with Gasteiger partial charge in [-0.15, -0.1) is 6.42 Å². The number of rotatable bonds is 5. The largest absolute Gasteiger partial charge is 0.478 e. The van der Waals surface area contributed by atoms with Gasteiger partial charge >= 0.3 is 12.1 Å². The highest BCUT2D eigenvalue weighted by Gasteiger charge is 2.54. The molecule has 1 unspecified atom stereocenters. The van der Waals surface area contributed by atoms with Gasteiger partial charge in [-0.2, -0.15) is 0 Å². The van der Waals surface area contributed by atoms with Crippen LogP contribution in [0.2, 0.25) is 0 Å². The summed E-state index contributed by atoms with van der Waals surface area (Å²) in [5, 5.41) is 0. The van der Waals surface area contributed by atoms with Crippen molar-refractivity contribution < 1.29 is 32.2 Å². The van der Waals surface area contributed by atoms with E-state index in [1.165, 1.54) is 29.2 Å². The number of likely N-dealkylation sites (tertiary alicyclic amines) is 1. The van der Waals surface area contributed by atoms with Crippen LogP contribution in [0, 0.1) is 12.3 Å². The van der Waals surface area contributed by atoms with Crippen molar-refractivity contribution in [3.05, 3.63) is 24.3 Å². The zero-order chi connectivity index (χ0) is 23.4. The lowest BCUT2D eigenvalue weighted by Crippen LogP contribution is -2.56.